The molecule has 0 fully saturated rings. The predicted octanol–water partition coefficient (Wildman–Crippen LogP) is 6.56. The highest BCUT2D eigenvalue weighted by atomic mass is 31.1. The van der Waals surface area contributed by atoms with Crippen LogP contribution in [0.2, 0.25) is 0 Å². The van der Waals surface area contributed by atoms with Crippen LogP contribution in [0, 0.1) is 0 Å². The molecule has 2 unspecified atom stereocenters. The quantitative estimate of drug-likeness (QED) is 0.294. The maximum Gasteiger partial charge on any atom is -0.000502 e. The average molecular weight is 424 g/mol. The van der Waals surface area contributed by atoms with Crippen molar-refractivity contribution in [1.82, 2.24) is 9.34 Å². The summed E-state index contributed by atoms with van der Waals surface area (Å²) in [6.45, 7) is 21.9. The van der Waals surface area contributed by atoms with E-state index in [0.717, 1.165) is 26.2 Å². The zero-order chi connectivity index (χ0) is 20.1. The lowest BCUT2D eigenvalue weighted by molar-refractivity contribution is 0.510. The maximum absolute atomic E-state index is 4.14. The molecule has 0 saturated carbocycles. The van der Waals surface area contributed by atoms with Crippen molar-refractivity contribution in [3.63, 3.8) is 0 Å². The van der Waals surface area contributed by atoms with E-state index in [0.29, 0.717) is 0 Å². The summed E-state index contributed by atoms with van der Waals surface area (Å²) in [7, 11) is -0.528. The summed E-state index contributed by atoms with van der Waals surface area (Å²) in [5, 5.41) is 1.56. The first-order chi connectivity index (χ1) is 13.1. The van der Waals surface area contributed by atoms with Crippen LogP contribution in [-0.4, -0.2) is 60.2 Å². The van der Waals surface area contributed by atoms with Gasteiger partial charge in [-0.3, -0.25) is 9.34 Å². The van der Waals surface area contributed by atoms with Gasteiger partial charge in [0.25, 0.3) is 0 Å². The van der Waals surface area contributed by atoms with E-state index in [2.05, 4.69) is 92.2 Å². The Kier molecular flexibility index (Phi) is 13.7. The number of benzene rings is 1. The molecule has 1 aromatic carbocycles. The van der Waals surface area contributed by atoms with Crippen LogP contribution in [0.15, 0.2) is 55.1 Å². The van der Waals surface area contributed by atoms with Crippen LogP contribution in [0.4, 0.5) is 0 Å². The Balaban J connectivity index is 2.82. The van der Waals surface area contributed by atoms with Crippen molar-refractivity contribution in [2.24, 2.45) is 0 Å². The van der Waals surface area contributed by atoms with Gasteiger partial charge in [0.2, 0.25) is 0 Å². The van der Waals surface area contributed by atoms with E-state index in [1.54, 1.807) is 5.30 Å². The first-order valence-electron chi connectivity index (χ1n) is 10.2. The molecule has 0 amide bonds. The highest BCUT2D eigenvalue weighted by Gasteiger charge is 2.19. The molecule has 5 heteroatoms. The summed E-state index contributed by atoms with van der Waals surface area (Å²) in [6.07, 6.45) is 5.18. The van der Waals surface area contributed by atoms with Gasteiger partial charge in [0.1, 0.15) is 0 Å². The first kappa shape index (κ1) is 24.9. The lowest BCUT2D eigenvalue weighted by atomic mass is 10.4. The van der Waals surface area contributed by atoms with Gasteiger partial charge in [-0.2, -0.15) is 0 Å². The van der Waals surface area contributed by atoms with Gasteiger partial charge in [0, 0.05) is 0 Å². The van der Waals surface area contributed by atoms with E-state index >= 15 is 0 Å². The monoisotopic (exact) mass is 424 g/mol. The molecule has 0 bridgehead atoms. The summed E-state index contributed by atoms with van der Waals surface area (Å²) < 4.78 is 5.18. The standard InChI is InChI=1S/C22H39N2P3/c1-7-23(8-2)26(11-5)20-18-25(22-16-14-13-15-17-22)19-21-27(12-6)24(9-3)10-4/h11-17H,5-10,18-21H2,1-4H3. The van der Waals surface area contributed by atoms with Crippen LogP contribution in [-0.2, 0) is 0 Å². The molecule has 1 rings (SSSR count). The summed E-state index contributed by atoms with van der Waals surface area (Å²) in [5.41, 5.74) is 0. The molecule has 152 valence electrons. The topological polar surface area (TPSA) is 6.48 Å². The minimum atomic E-state index is -0.205. The molecule has 0 aliphatic heterocycles. The van der Waals surface area contributed by atoms with Crippen molar-refractivity contribution in [3.8, 4) is 0 Å². The lowest BCUT2D eigenvalue weighted by Crippen LogP contribution is -2.20. The molecule has 27 heavy (non-hydrogen) atoms. The van der Waals surface area contributed by atoms with E-state index in [4.69, 9.17) is 0 Å². The largest absolute Gasteiger partial charge is 0.279 e. The predicted molar refractivity (Wildman–Crippen MR) is 133 cm³/mol. The zero-order valence-corrected chi connectivity index (χ0v) is 20.5. The molecule has 0 aliphatic rings. The van der Waals surface area contributed by atoms with Crippen LogP contribution in [0.5, 0.6) is 0 Å². The van der Waals surface area contributed by atoms with E-state index in [-0.39, 0.29) is 24.1 Å². The lowest BCUT2D eigenvalue weighted by Gasteiger charge is -2.31. The molecular formula is C22H39N2P3. The molecule has 1 aromatic rings. The van der Waals surface area contributed by atoms with Crippen molar-refractivity contribution in [1.29, 1.82) is 0 Å². The summed E-state index contributed by atoms with van der Waals surface area (Å²) >= 11 is 0. The van der Waals surface area contributed by atoms with Gasteiger partial charge in [-0.05, 0) is 72.3 Å². The van der Waals surface area contributed by atoms with E-state index in [9.17, 15) is 0 Å². The minimum Gasteiger partial charge on any atom is -0.279 e. The Bertz CT molecular complexity index is 488. The Morgan fingerprint density at radius 3 is 1.44 bits per heavy atom. The van der Waals surface area contributed by atoms with Crippen molar-refractivity contribution in [2.75, 3.05) is 50.8 Å². The van der Waals surface area contributed by atoms with Crippen LogP contribution in [0.3, 0.4) is 0 Å². The minimum absolute atomic E-state index is 0.118. The third-order valence-corrected chi connectivity index (χ3v) is 13.0. The Morgan fingerprint density at radius 1 is 0.704 bits per heavy atom. The fourth-order valence-electron chi connectivity index (χ4n) is 3.33. The summed E-state index contributed by atoms with van der Waals surface area (Å²) in [4.78, 5) is 0. The van der Waals surface area contributed by atoms with Gasteiger partial charge in [0.15, 0.2) is 0 Å². The number of hydrogen-bond donors (Lipinski definition) is 0. The first-order valence-corrected chi connectivity index (χ1v) is 15.0. The smallest absolute Gasteiger partial charge is 0.000502 e. The second kappa shape index (κ2) is 14.8. The van der Waals surface area contributed by atoms with E-state index in [1.807, 2.05) is 0 Å². The number of rotatable bonds is 15. The Hall–Kier alpha value is -0.0900. The Morgan fingerprint density at radius 2 is 1.11 bits per heavy atom. The fourth-order valence-corrected chi connectivity index (χ4v) is 11.1. The molecule has 0 radical (unpaired) electrons. The van der Waals surface area contributed by atoms with Gasteiger partial charge in [-0.25, -0.2) is 0 Å². The summed E-state index contributed by atoms with van der Waals surface area (Å²) in [5.74, 6) is 4.43. The highest BCUT2D eigenvalue weighted by Crippen LogP contribution is 2.48. The molecular weight excluding hydrogens is 385 g/mol. The van der Waals surface area contributed by atoms with E-state index in [1.165, 1.54) is 24.6 Å². The van der Waals surface area contributed by atoms with Gasteiger partial charge in [-0.15, -0.1) is 0 Å². The summed E-state index contributed by atoms with van der Waals surface area (Å²) in [6, 6.07) is 11.2. The molecule has 0 spiro atoms. The molecule has 0 aromatic heterocycles. The second-order valence-corrected chi connectivity index (χ2v) is 13.3. The average Bonchev–Trinajstić information content (AvgIpc) is 2.72. The molecule has 0 N–H and O–H groups in total. The number of nitrogens with zero attached hydrogens (tertiary/aromatic N) is 2. The van der Waals surface area contributed by atoms with E-state index < -0.39 is 0 Å². The van der Waals surface area contributed by atoms with Crippen LogP contribution in [0.25, 0.3) is 0 Å². The van der Waals surface area contributed by atoms with Crippen molar-refractivity contribution >= 4 is 29.4 Å². The van der Waals surface area contributed by atoms with Gasteiger partial charge < -0.3 is 0 Å². The van der Waals surface area contributed by atoms with Crippen LogP contribution in [0.1, 0.15) is 27.7 Å². The molecule has 2 atom stereocenters. The number of hydrogen-bond acceptors (Lipinski definition) is 2. The molecule has 2 nitrogen and oxygen atoms in total. The third-order valence-electron chi connectivity index (χ3n) is 4.93. The van der Waals surface area contributed by atoms with Gasteiger partial charge >= 0.3 is 0 Å². The zero-order valence-electron chi connectivity index (χ0n) is 17.8. The molecule has 0 heterocycles. The van der Waals surface area contributed by atoms with Crippen molar-refractivity contribution in [2.45, 2.75) is 27.7 Å². The molecule has 0 aliphatic carbocycles. The molecule has 0 saturated heterocycles. The third kappa shape index (κ3) is 8.43. The van der Waals surface area contributed by atoms with Crippen LogP contribution < -0.4 is 5.30 Å². The van der Waals surface area contributed by atoms with Crippen molar-refractivity contribution in [3.05, 3.63) is 55.1 Å². The fraction of sp³-hybridized carbons (Fsp3) is 0.545. The van der Waals surface area contributed by atoms with Crippen molar-refractivity contribution < 1.29 is 0 Å². The van der Waals surface area contributed by atoms with Gasteiger partial charge in [-0.1, -0.05) is 90.7 Å². The second-order valence-electron chi connectivity index (χ2n) is 6.29. The SMILES string of the molecule is C=CP(CCP(CCP(C=C)N(CC)CC)c1ccccc1)N(CC)CC. The van der Waals surface area contributed by atoms with Gasteiger partial charge in [0.05, 0.1) is 0 Å². The maximum atomic E-state index is 4.14. The normalized spacial score (nSPS) is 14.9. The van der Waals surface area contributed by atoms with Crippen LogP contribution >= 0.6 is 24.1 Å². The Labute approximate surface area is 172 Å². The highest BCUT2D eigenvalue weighted by molar-refractivity contribution is 7.68.